The van der Waals surface area contributed by atoms with Crippen LogP contribution in [0.4, 0.5) is 9.18 Å². The maximum absolute atomic E-state index is 14.0. The second kappa shape index (κ2) is 11.4. The minimum absolute atomic E-state index is 0.0264. The average molecular weight is 621 g/mol. The summed E-state index contributed by atoms with van der Waals surface area (Å²) in [6.45, 7) is 2.43. The summed E-state index contributed by atoms with van der Waals surface area (Å²) in [4.78, 5) is 27.1. The number of benzene rings is 3. The van der Waals surface area contributed by atoms with E-state index in [-0.39, 0.29) is 30.1 Å². The third-order valence-electron chi connectivity index (χ3n) is 5.12. The smallest absolute Gasteiger partial charge is 0.293 e. The summed E-state index contributed by atoms with van der Waals surface area (Å²) >= 11 is 7.85. The van der Waals surface area contributed by atoms with Gasteiger partial charge in [-0.1, -0.05) is 52.3 Å². The van der Waals surface area contributed by atoms with Gasteiger partial charge in [0.05, 0.1) is 22.5 Å². The number of carbonyl (C=O) groups excluding carboxylic acids is 2. The molecule has 9 heteroatoms. The zero-order chi connectivity index (χ0) is 24.9. The van der Waals surface area contributed by atoms with Crippen molar-refractivity contribution >= 4 is 60.8 Å². The van der Waals surface area contributed by atoms with Crippen LogP contribution in [0.15, 0.2) is 74.5 Å². The normalized spacial score (nSPS) is 14.6. The van der Waals surface area contributed by atoms with Crippen LogP contribution in [0.3, 0.4) is 0 Å². The summed E-state index contributed by atoms with van der Waals surface area (Å²) < 4.78 is 27.0. The molecule has 3 aromatic rings. The van der Waals surface area contributed by atoms with Crippen LogP contribution in [-0.2, 0) is 17.9 Å². The molecule has 0 aromatic heterocycles. The maximum Gasteiger partial charge on any atom is 0.293 e. The monoisotopic (exact) mass is 619 g/mol. The van der Waals surface area contributed by atoms with Gasteiger partial charge in [0.25, 0.3) is 11.1 Å². The number of rotatable bonds is 8. The highest BCUT2D eigenvalue weighted by Crippen LogP contribution is 2.40. The van der Waals surface area contributed by atoms with Crippen molar-refractivity contribution in [2.24, 2.45) is 0 Å². The second-order valence-corrected chi connectivity index (χ2v) is 10.2. The molecule has 0 N–H and O–H groups in total. The van der Waals surface area contributed by atoms with Gasteiger partial charge < -0.3 is 9.47 Å². The molecule has 4 rings (SSSR count). The molecule has 0 spiro atoms. The first-order valence-electron chi connectivity index (χ1n) is 10.7. The lowest BCUT2D eigenvalue weighted by Gasteiger charge is -2.15. The van der Waals surface area contributed by atoms with Crippen molar-refractivity contribution in [1.82, 2.24) is 4.90 Å². The van der Waals surface area contributed by atoms with E-state index in [9.17, 15) is 14.0 Å². The average Bonchev–Trinajstić information content (AvgIpc) is 3.08. The molecule has 0 bridgehead atoms. The molecule has 1 fully saturated rings. The van der Waals surface area contributed by atoms with Crippen LogP contribution in [0.25, 0.3) is 6.08 Å². The summed E-state index contributed by atoms with van der Waals surface area (Å²) in [7, 11) is 0. The van der Waals surface area contributed by atoms with Gasteiger partial charge in [-0.05, 0) is 76.1 Å². The van der Waals surface area contributed by atoms with Crippen LogP contribution in [0.1, 0.15) is 23.6 Å². The molecule has 0 saturated carbocycles. The topological polar surface area (TPSA) is 55.8 Å². The maximum atomic E-state index is 14.0. The standard InChI is InChI=1S/C26H20Br2FNO4S/c1-2-33-22-12-16(11-20(28)24(22)34-15-18-8-4-6-10-21(18)29)13-23-25(31)30(26(32)35-23)14-17-7-3-5-9-19(17)27/h3-13H,2,14-15H2,1H3/b23-13-. The Bertz CT molecular complexity index is 1310. The molecule has 1 heterocycles. The molecule has 0 radical (unpaired) electrons. The Labute approximate surface area is 223 Å². The van der Waals surface area contributed by atoms with E-state index in [2.05, 4.69) is 31.9 Å². The van der Waals surface area contributed by atoms with E-state index in [0.717, 1.165) is 21.8 Å². The number of nitrogens with zero attached hydrogens (tertiary/aromatic N) is 1. The molecule has 1 aliphatic heterocycles. The molecule has 2 amide bonds. The summed E-state index contributed by atoms with van der Waals surface area (Å²) in [6, 6.07) is 17.4. The Morgan fingerprint density at radius 3 is 2.40 bits per heavy atom. The van der Waals surface area contributed by atoms with E-state index >= 15 is 0 Å². The number of halogens is 3. The van der Waals surface area contributed by atoms with Gasteiger partial charge in [0.2, 0.25) is 0 Å². The molecule has 5 nitrogen and oxygen atoms in total. The molecule has 0 aliphatic carbocycles. The van der Waals surface area contributed by atoms with Crippen molar-refractivity contribution in [1.29, 1.82) is 0 Å². The van der Waals surface area contributed by atoms with E-state index in [4.69, 9.17) is 9.47 Å². The molecule has 1 aliphatic rings. The first kappa shape index (κ1) is 25.5. The van der Waals surface area contributed by atoms with E-state index in [1.54, 1.807) is 36.4 Å². The first-order chi connectivity index (χ1) is 16.9. The lowest BCUT2D eigenvalue weighted by Crippen LogP contribution is -2.27. The fourth-order valence-electron chi connectivity index (χ4n) is 3.42. The highest BCUT2D eigenvalue weighted by atomic mass is 79.9. The van der Waals surface area contributed by atoms with Crippen molar-refractivity contribution in [2.45, 2.75) is 20.1 Å². The predicted molar refractivity (Wildman–Crippen MR) is 142 cm³/mol. The van der Waals surface area contributed by atoms with E-state index < -0.39 is 0 Å². The van der Waals surface area contributed by atoms with Crippen molar-refractivity contribution in [3.63, 3.8) is 0 Å². The Balaban J connectivity index is 1.57. The number of hydrogen-bond donors (Lipinski definition) is 0. The van der Waals surface area contributed by atoms with E-state index in [0.29, 0.717) is 38.6 Å². The summed E-state index contributed by atoms with van der Waals surface area (Å²) in [6.07, 6.45) is 1.65. The van der Waals surface area contributed by atoms with Crippen molar-refractivity contribution < 1.29 is 23.5 Å². The van der Waals surface area contributed by atoms with Gasteiger partial charge in [0.1, 0.15) is 12.4 Å². The van der Waals surface area contributed by atoms with Gasteiger partial charge in [-0.2, -0.15) is 0 Å². The number of thioether (sulfide) groups is 1. The van der Waals surface area contributed by atoms with Crippen LogP contribution in [0.2, 0.25) is 0 Å². The van der Waals surface area contributed by atoms with E-state index in [1.165, 1.54) is 11.0 Å². The molecule has 1 saturated heterocycles. The lowest BCUT2D eigenvalue weighted by molar-refractivity contribution is -0.123. The van der Waals surface area contributed by atoms with Crippen LogP contribution in [0.5, 0.6) is 11.5 Å². The molecular formula is C26H20Br2FNO4S. The van der Waals surface area contributed by atoms with Gasteiger partial charge in [0, 0.05) is 10.0 Å². The van der Waals surface area contributed by atoms with Gasteiger partial charge in [0.15, 0.2) is 11.5 Å². The van der Waals surface area contributed by atoms with Crippen molar-refractivity contribution in [3.8, 4) is 11.5 Å². The zero-order valence-electron chi connectivity index (χ0n) is 18.6. The van der Waals surface area contributed by atoms with Crippen molar-refractivity contribution in [2.75, 3.05) is 6.61 Å². The van der Waals surface area contributed by atoms with Crippen LogP contribution < -0.4 is 9.47 Å². The van der Waals surface area contributed by atoms with Gasteiger partial charge in [-0.15, -0.1) is 0 Å². The fraction of sp³-hybridized carbons (Fsp3) is 0.154. The highest BCUT2D eigenvalue weighted by molar-refractivity contribution is 9.10. The Kier molecular flexibility index (Phi) is 8.30. The van der Waals surface area contributed by atoms with Gasteiger partial charge in [-0.3, -0.25) is 14.5 Å². The fourth-order valence-corrected chi connectivity index (χ4v) is 5.25. The van der Waals surface area contributed by atoms with Crippen LogP contribution in [-0.4, -0.2) is 22.7 Å². The second-order valence-electron chi connectivity index (χ2n) is 7.50. The predicted octanol–water partition coefficient (Wildman–Crippen LogP) is 7.56. The van der Waals surface area contributed by atoms with Crippen LogP contribution >= 0.6 is 43.6 Å². The minimum atomic E-state index is -0.357. The highest BCUT2D eigenvalue weighted by Gasteiger charge is 2.35. The van der Waals surface area contributed by atoms with Crippen LogP contribution in [0, 0.1) is 5.82 Å². The Hall–Kier alpha value is -2.62. The number of hydrogen-bond acceptors (Lipinski definition) is 5. The summed E-state index contributed by atoms with van der Waals surface area (Å²) in [5.41, 5.74) is 1.92. The summed E-state index contributed by atoms with van der Waals surface area (Å²) in [5.74, 6) is 0.160. The third-order valence-corrected chi connectivity index (χ3v) is 7.39. The largest absolute Gasteiger partial charge is 0.490 e. The minimum Gasteiger partial charge on any atom is -0.490 e. The molecular weight excluding hydrogens is 601 g/mol. The third kappa shape index (κ3) is 5.97. The lowest BCUT2D eigenvalue weighted by atomic mass is 10.1. The number of carbonyl (C=O) groups is 2. The van der Waals surface area contributed by atoms with Gasteiger partial charge in [-0.25, -0.2) is 4.39 Å². The summed E-state index contributed by atoms with van der Waals surface area (Å²) in [5, 5.41) is -0.328. The first-order valence-corrected chi connectivity index (χ1v) is 13.1. The molecule has 0 unspecified atom stereocenters. The zero-order valence-corrected chi connectivity index (χ0v) is 22.6. The number of imide groups is 1. The molecule has 3 aromatic carbocycles. The Morgan fingerprint density at radius 1 is 0.971 bits per heavy atom. The quantitative estimate of drug-likeness (QED) is 0.243. The number of ether oxygens (including phenoxy) is 2. The van der Waals surface area contributed by atoms with E-state index in [1.807, 2.05) is 31.2 Å². The molecule has 180 valence electrons. The van der Waals surface area contributed by atoms with Gasteiger partial charge >= 0.3 is 0 Å². The van der Waals surface area contributed by atoms with Crippen molar-refractivity contribution in [3.05, 3.63) is 97.0 Å². The number of amides is 2. The Morgan fingerprint density at radius 2 is 1.69 bits per heavy atom. The molecule has 0 atom stereocenters. The SMILES string of the molecule is CCOc1cc(/C=C2\SC(=O)N(Cc3ccccc3Br)C2=O)cc(Br)c1OCc1ccccc1F. The molecule has 35 heavy (non-hydrogen) atoms.